The van der Waals surface area contributed by atoms with Gasteiger partial charge in [0.1, 0.15) is 0 Å². The highest BCUT2D eigenvalue weighted by Gasteiger charge is 2.12. The average Bonchev–Trinajstić information content (AvgIpc) is 2.43. The van der Waals surface area contributed by atoms with Crippen molar-refractivity contribution in [2.24, 2.45) is 0 Å². The van der Waals surface area contributed by atoms with Crippen LogP contribution in [0.1, 0.15) is 32.6 Å². The molecule has 1 unspecified atom stereocenters. The van der Waals surface area contributed by atoms with Gasteiger partial charge in [-0.15, -0.1) is 0 Å². The minimum atomic E-state index is -0.0381. The van der Waals surface area contributed by atoms with Crippen molar-refractivity contribution in [3.8, 4) is 0 Å². The predicted octanol–water partition coefficient (Wildman–Crippen LogP) is 2.22. The summed E-state index contributed by atoms with van der Waals surface area (Å²) in [5.74, 6) is -0.0755. The Bertz CT molecular complexity index is 326. The minimum absolute atomic E-state index is 0.0373. The topological polar surface area (TPSA) is 40.6 Å². The largest absolute Gasteiger partial charge is 0.342 e. The number of unbranched alkanes of at least 4 members (excludes halogenated alkanes) is 2. The molecule has 0 aromatic rings. The van der Waals surface area contributed by atoms with Crippen LogP contribution in [-0.2, 0) is 9.59 Å². The van der Waals surface area contributed by atoms with Crippen LogP contribution in [0.3, 0.4) is 0 Å². The van der Waals surface area contributed by atoms with E-state index in [4.69, 9.17) is 0 Å². The van der Waals surface area contributed by atoms with Crippen molar-refractivity contribution in [3.63, 3.8) is 0 Å². The van der Waals surface area contributed by atoms with Gasteiger partial charge in [-0.2, -0.15) is 0 Å². The summed E-state index contributed by atoms with van der Waals surface area (Å²) in [5.41, 5.74) is 0. The summed E-state index contributed by atoms with van der Waals surface area (Å²) >= 11 is 0. The van der Waals surface area contributed by atoms with Gasteiger partial charge in [0, 0.05) is 26.7 Å². The van der Waals surface area contributed by atoms with Crippen LogP contribution in [0.4, 0.5) is 0 Å². The van der Waals surface area contributed by atoms with Crippen molar-refractivity contribution in [2.75, 3.05) is 20.6 Å². The fourth-order valence-electron chi connectivity index (χ4n) is 1.79. The standard InChI is InChI=1S/C15H26N2O2/c1-6-14(18)16(4)12-10-8-9-11-13(3)17(5)15(19)7-2/h6-7,13H,1-2,8-12H2,3-5H3. The summed E-state index contributed by atoms with van der Waals surface area (Å²) in [4.78, 5) is 26.0. The van der Waals surface area contributed by atoms with E-state index in [0.717, 1.165) is 32.2 Å². The molecule has 0 spiro atoms. The third-order valence-electron chi connectivity index (χ3n) is 3.35. The van der Waals surface area contributed by atoms with Gasteiger partial charge in [0.15, 0.2) is 0 Å². The molecule has 0 fully saturated rings. The molecular formula is C15H26N2O2. The molecule has 0 N–H and O–H groups in total. The first-order valence-electron chi connectivity index (χ1n) is 6.70. The molecule has 0 bridgehead atoms. The van der Waals surface area contributed by atoms with Crippen molar-refractivity contribution in [3.05, 3.63) is 25.3 Å². The van der Waals surface area contributed by atoms with E-state index in [0.29, 0.717) is 0 Å². The molecule has 1 atom stereocenters. The lowest BCUT2D eigenvalue weighted by atomic mass is 10.1. The summed E-state index contributed by atoms with van der Waals surface area (Å²) in [7, 11) is 3.58. The monoisotopic (exact) mass is 266 g/mol. The van der Waals surface area contributed by atoms with Crippen molar-refractivity contribution >= 4 is 11.8 Å². The molecule has 108 valence electrons. The first-order chi connectivity index (χ1) is 8.93. The van der Waals surface area contributed by atoms with E-state index in [1.165, 1.54) is 12.2 Å². The summed E-state index contributed by atoms with van der Waals surface area (Å²) in [5, 5.41) is 0. The summed E-state index contributed by atoms with van der Waals surface area (Å²) in [6, 6.07) is 0.220. The molecule has 0 aliphatic heterocycles. The normalized spacial score (nSPS) is 11.5. The van der Waals surface area contributed by atoms with Gasteiger partial charge < -0.3 is 9.80 Å². The average molecular weight is 266 g/mol. The second kappa shape index (κ2) is 9.36. The number of amides is 2. The van der Waals surface area contributed by atoms with Gasteiger partial charge in [0.05, 0.1) is 0 Å². The zero-order valence-corrected chi connectivity index (χ0v) is 12.4. The van der Waals surface area contributed by atoms with Gasteiger partial charge in [-0.05, 0) is 31.9 Å². The zero-order valence-electron chi connectivity index (χ0n) is 12.4. The fraction of sp³-hybridized carbons (Fsp3) is 0.600. The van der Waals surface area contributed by atoms with Gasteiger partial charge in [0.25, 0.3) is 0 Å². The van der Waals surface area contributed by atoms with E-state index in [2.05, 4.69) is 13.2 Å². The maximum Gasteiger partial charge on any atom is 0.245 e. The Morgan fingerprint density at radius 1 is 1.05 bits per heavy atom. The molecule has 0 aromatic carbocycles. The van der Waals surface area contributed by atoms with E-state index in [1.54, 1.807) is 23.9 Å². The molecule has 19 heavy (non-hydrogen) atoms. The Balaban J connectivity index is 3.75. The molecule has 4 heteroatoms. The number of hydrogen-bond donors (Lipinski definition) is 0. The lowest BCUT2D eigenvalue weighted by molar-refractivity contribution is -0.127. The smallest absolute Gasteiger partial charge is 0.245 e. The highest BCUT2D eigenvalue weighted by atomic mass is 16.2. The van der Waals surface area contributed by atoms with Gasteiger partial charge in [-0.1, -0.05) is 26.0 Å². The lowest BCUT2D eigenvalue weighted by Gasteiger charge is -2.23. The van der Waals surface area contributed by atoms with Crippen molar-refractivity contribution in [1.82, 2.24) is 9.80 Å². The molecular weight excluding hydrogens is 240 g/mol. The summed E-state index contributed by atoms with van der Waals surface area (Å²) in [6.07, 6.45) is 6.71. The van der Waals surface area contributed by atoms with Crippen molar-refractivity contribution in [2.45, 2.75) is 38.6 Å². The number of nitrogens with zero attached hydrogens (tertiary/aromatic N) is 2. The first-order valence-corrected chi connectivity index (χ1v) is 6.70. The number of carbonyl (C=O) groups excluding carboxylic acids is 2. The Kier molecular flexibility index (Phi) is 8.58. The maximum atomic E-state index is 11.4. The Labute approximate surface area is 116 Å². The summed E-state index contributed by atoms with van der Waals surface area (Å²) < 4.78 is 0. The molecule has 0 saturated heterocycles. The third-order valence-corrected chi connectivity index (χ3v) is 3.35. The number of rotatable bonds is 9. The van der Waals surface area contributed by atoms with Gasteiger partial charge in [-0.25, -0.2) is 0 Å². The first kappa shape index (κ1) is 17.4. The van der Waals surface area contributed by atoms with Crippen LogP contribution in [0.25, 0.3) is 0 Å². The van der Waals surface area contributed by atoms with Crippen molar-refractivity contribution < 1.29 is 9.59 Å². The van der Waals surface area contributed by atoms with Crippen LogP contribution in [0.15, 0.2) is 25.3 Å². The molecule has 2 amide bonds. The fourth-order valence-corrected chi connectivity index (χ4v) is 1.79. The molecule has 0 aromatic heterocycles. The quantitative estimate of drug-likeness (QED) is 0.474. The highest BCUT2D eigenvalue weighted by molar-refractivity contribution is 5.87. The number of likely N-dealkylation sites (N-methyl/N-ethyl adjacent to an activating group) is 2. The van der Waals surface area contributed by atoms with Gasteiger partial charge in [-0.3, -0.25) is 9.59 Å². The second-order valence-corrected chi connectivity index (χ2v) is 4.82. The molecule has 0 aliphatic rings. The van der Waals surface area contributed by atoms with E-state index in [9.17, 15) is 9.59 Å². The maximum absolute atomic E-state index is 11.4. The van der Waals surface area contributed by atoms with E-state index in [-0.39, 0.29) is 17.9 Å². The van der Waals surface area contributed by atoms with Crippen LogP contribution < -0.4 is 0 Å². The molecule has 4 nitrogen and oxygen atoms in total. The van der Waals surface area contributed by atoms with Gasteiger partial charge >= 0.3 is 0 Å². The predicted molar refractivity (Wildman–Crippen MR) is 78.7 cm³/mol. The van der Waals surface area contributed by atoms with Crippen LogP contribution in [0, 0.1) is 0 Å². The van der Waals surface area contributed by atoms with Gasteiger partial charge in [0.2, 0.25) is 11.8 Å². The Morgan fingerprint density at radius 3 is 2.16 bits per heavy atom. The Hall–Kier alpha value is -1.58. The van der Waals surface area contributed by atoms with Crippen LogP contribution in [0.5, 0.6) is 0 Å². The van der Waals surface area contributed by atoms with Crippen LogP contribution >= 0.6 is 0 Å². The van der Waals surface area contributed by atoms with E-state index in [1.807, 2.05) is 6.92 Å². The molecule has 0 aliphatic carbocycles. The zero-order chi connectivity index (χ0) is 14.8. The Morgan fingerprint density at radius 2 is 1.63 bits per heavy atom. The highest BCUT2D eigenvalue weighted by Crippen LogP contribution is 2.09. The molecule has 0 saturated carbocycles. The van der Waals surface area contributed by atoms with Crippen LogP contribution in [0.2, 0.25) is 0 Å². The third kappa shape index (κ3) is 6.79. The molecule has 0 radical (unpaired) electrons. The van der Waals surface area contributed by atoms with Crippen LogP contribution in [-0.4, -0.2) is 48.3 Å². The molecule has 0 heterocycles. The second-order valence-electron chi connectivity index (χ2n) is 4.82. The number of hydrogen-bond acceptors (Lipinski definition) is 2. The van der Waals surface area contributed by atoms with E-state index >= 15 is 0 Å². The number of carbonyl (C=O) groups is 2. The van der Waals surface area contributed by atoms with E-state index < -0.39 is 0 Å². The molecule has 0 rings (SSSR count). The van der Waals surface area contributed by atoms with Crippen molar-refractivity contribution in [1.29, 1.82) is 0 Å². The lowest BCUT2D eigenvalue weighted by Crippen LogP contribution is -2.33. The minimum Gasteiger partial charge on any atom is -0.342 e. The summed E-state index contributed by atoms with van der Waals surface area (Å²) in [6.45, 7) is 9.72. The SMILES string of the molecule is C=CC(=O)N(C)CCCCCC(C)N(C)C(=O)C=C.